The topological polar surface area (TPSA) is 123 Å². The van der Waals surface area contributed by atoms with E-state index >= 15 is 0 Å². The molecule has 0 aliphatic heterocycles. The van der Waals surface area contributed by atoms with Crippen molar-refractivity contribution in [3.8, 4) is 0 Å². The van der Waals surface area contributed by atoms with Gasteiger partial charge in [0.1, 0.15) is 5.82 Å². The highest BCUT2D eigenvalue weighted by Crippen LogP contribution is 2.18. The summed E-state index contributed by atoms with van der Waals surface area (Å²) in [4.78, 5) is 24.5. The Balaban J connectivity index is 1.59. The number of aromatic nitrogens is 3. The number of anilines is 1. The molecule has 0 bridgehead atoms. The molecule has 0 atom stereocenters. The summed E-state index contributed by atoms with van der Waals surface area (Å²) in [6, 6.07) is 8.99. The highest BCUT2D eigenvalue weighted by molar-refractivity contribution is 7.89. The van der Waals surface area contributed by atoms with Crippen molar-refractivity contribution in [3.63, 3.8) is 0 Å². The van der Waals surface area contributed by atoms with E-state index in [0.29, 0.717) is 30.2 Å². The van der Waals surface area contributed by atoms with Gasteiger partial charge in [0, 0.05) is 25.0 Å². The molecule has 11 heteroatoms. The van der Waals surface area contributed by atoms with E-state index in [1.54, 1.807) is 43.5 Å². The van der Waals surface area contributed by atoms with Gasteiger partial charge in [0.05, 0.1) is 10.5 Å². The highest BCUT2D eigenvalue weighted by Gasteiger charge is 2.21. The highest BCUT2D eigenvalue weighted by atomic mass is 32.2. The van der Waals surface area contributed by atoms with Crippen LogP contribution in [0.5, 0.6) is 0 Å². The second-order valence-corrected chi connectivity index (χ2v) is 8.57. The molecule has 0 aliphatic carbocycles. The zero-order valence-electron chi connectivity index (χ0n) is 17.4. The molecule has 2 aromatic heterocycles. The summed E-state index contributed by atoms with van der Waals surface area (Å²) < 4.78 is 33.0. The number of hydrogen-bond acceptors (Lipinski definition) is 7. The monoisotopic (exact) mass is 445 g/mol. The normalized spacial score (nSPS) is 11.6. The first-order valence-electron chi connectivity index (χ1n) is 9.64. The van der Waals surface area contributed by atoms with Crippen LogP contribution >= 0.6 is 0 Å². The van der Waals surface area contributed by atoms with Gasteiger partial charge in [-0.15, -0.1) is 10.2 Å². The van der Waals surface area contributed by atoms with Crippen LogP contribution in [0.25, 0.3) is 5.65 Å². The van der Waals surface area contributed by atoms with Crippen LogP contribution in [0, 0.1) is 6.92 Å². The molecule has 1 aromatic carbocycles. The molecule has 1 amide bonds. The molecule has 3 aromatic rings. The third-order valence-corrected chi connectivity index (χ3v) is 6.69. The summed E-state index contributed by atoms with van der Waals surface area (Å²) in [5.41, 5.74) is 1.24. The number of nitrogens with one attached hydrogen (secondary N) is 1. The van der Waals surface area contributed by atoms with E-state index in [9.17, 15) is 18.0 Å². The summed E-state index contributed by atoms with van der Waals surface area (Å²) in [5.74, 6) is -0.589. The van der Waals surface area contributed by atoms with Crippen LogP contribution in [0.4, 0.5) is 5.69 Å². The first-order valence-corrected chi connectivity index (χ1v) is 11.1. The van der Waals surface area contributed by atoms with Gasteiger partial charge in [0.15, 0.2) is 12.3 Å². The summed E-state index contributed by atoms with van der Waals surface area (Å²) in [6.45, 7) is 5.53. The van der Waals surface area contributed by atoms with E-state index in [1.165, 1.54) is 28.6 Å². The average Bonchev–Trinajstić information content (AvgIpc) is 3.13. The first-order chi connectivity index (χ1) is 14.8. The predicted octanol–water partition coefficient (Wildman–Crippen LogP) is 1.86. The SMILES string of the molecule is CCN(CC)S(=O)(=O)c1ccc(NC(=O)COC(=O)c2ccc3nnc(C)n3c2)cc1. The number of aryl methyl sites for hydroxylation is 1. The summed E-state index contributed by atoms with van der Waals surface area (Å²) in [6.07, 6.45) is 1.54. The smallest absolute Gasteiger partial charge is 0.340 e. The summed E-state index contributed by atoms with van der Waals surface area (Å²) >= 11 is 0. The second-order valence-electron chi connectivity index (χ2n) is 6.63. The van der Waals surface area contributed by atoms with Gasteiger partial charge in [-0.25, -0.2) is 13.2 Å². The molecule has 0 saturated carbocycles. The molecule has 1 N–H and O–H groups in total. The number of hydrogen-bond donors (Lipinski definition) is 1. The number of carbonyl (C=O) groups excluding carboxylic acids is 2. The Kier molecular flexibility index (Phi) is 6.66. The van der Waals surface area contributed by atoms with Gasteiger partial charge in [-0.2, -0.15) is 4.31 Å². The Morgan fingerprint density at radius 1 is 1.06 bits per heavy atom. The van der Waals surface area contributed by atoms with Gasteiger partial charge in [-0.3, -0.25) is 9.20 Å². The van der Waals surface area contributed by atoms with Gasteiger partial charge in [0.2, 0.25) is 10.0 Å². The van der Waals surface area contributed by atoms with Crippen LogP contribution in [-0.2, 0) is 19.6 Å². The van der Waals surface area contributed by atoms with Crippen LogP contribution in [0.15, 0.2) is 47.5 Å². The summed E-state index contributed by atoms with van der Waals surface area (Å²) in [5, 5.41) is 10.4. The molecule has 0 radical (unpaired) electrons. The third-order valence-electron chi connectivity index (χ3n) is 4.62. The van der Waals surface area contributed by atoms with E-state index in [0.717, 1.165) is 0 Å². The second kappa shape index (κ2) is 9.23. The van der Waals surface area contributed by atoms with E-state index in [-0.39, 0.29) is 10.5 Å². The fraction of sp³-hybridized carbons (Fsp3) is 0.300. The number of amides is 1. The van der Waals surface area contributed by atoms with Gasteiger partial charge in [-0.1, -0.05) is 13.8 Å². The van der Waals surface area contributed by atoms with Crippen molar-refractivity contribution in [1.29, 1.82) is 0 Å². The standard InChI is InChI=1S/C20H23N5O5S/c1-4-24(5-2)31(28,29)17-9-7-16(8-10-17)21-19(26)13-30-20(27)15-6-11-18-23-22-14(3)25(18)12-15/h6-12H,4-5,13H2,1-3H3,(H,21,26). The minimum atomic E-state index is -3.57. The lowest BCUT2D eigenvalue weighted by atomic mass is 10.3. The molecule has 31 heavy (non-hydrogen) atoms. The van der Waals surface area contributed by atoms with Crippen LogP contribution in [0.1, 0.15) is 30.0 Å². The number of sulfonamides is 1. The van der Waals surface area contributed by atoms with Crippen LogP contribution in [-0.4, -0.2) is 58.9 Å². The van der Waals surface area contributed by atoms with Crippen molar-refractivity contribution in [2.75, 3.05) is 25.0 Å². The molecular weight excluding hydrogens is 422 g/mol. The number of benzene rings is 1. The van der Waals surface area contributed by atoms with Crippen LogP contribution in [0.3, 0.4) is 0 Å². The van der Waals surface area contributed by atoms with Crippen molar-refractivity contribution >= 4 is 33.2 Å². The lowest BCUT2D eigenvalue weighted by Gasteiger charge is -2.18. The Morgan fingerprint density at radius 3 is 2.39 bits per heavy atom. The Morgan fingerprint density at radius 2 is 1.74 bits per heavy atom. The Hall–Kier alpha value is -3.31. The number of nitrogens with zero attached hydrogens (tertiary/aromatic N) is 4. The number of pyridine rings is 1. The van der Waals surface area contributed by atoms with E-state index in [4.69, 9.17) is 4.74 Å². The number of fused-ring (bicyclic) bond motifs is 1. The van der Waals surface area contributed by atoms with Gasteiger partial charge >= 0.3 is 5.97 Å². The predicted molar refractivity (Wildman–Crippen MR) is 113 cm³/mol. The average molecular weight is 446 g/mol. The lowest BCUT2D eigenvalue weighted by molar-refractivity contribution is -0.119. The Labute approximate surface area is 179 Å². The zero-order valence-corrected chi connectivity index (χ0v) is 18.2. The van der Waals surface area contributed by atoms with Gasteiger partial charge in [0.25, 0.3) is 5.91 Å². The maximum Gasteiger partial charge on any atom is 0.340 e. The van der Waals surface area contributed by atoms with E-state index in [1.807, 2.05) is 0 Å². The molecule has 0 saturated heterocycles. The summed E-state index contributed by atoms with van der Waals surface area (Å²) in [7, 11) is -3.57. The number of ether oxygens (including phenoxy) is 1. The van der Waals surface area contributed by atoms with Gasteiger partial charge < -0.3 is 10.1 Å². The Bertz CT molecular complexity index is 1200. The van der Waals surface area contributed by atoms with Gasteiger partial charge in [-0.05, 0) is 43.3 Å². The van der Waals surface area contributed by atoms with Crippen molar-refractivity contribution in [2.45, 2.75) is 25.7 Å². The number of carbonyl (C=O) groups is 2. The molecule has 10 nitrogen and oxygen atoms in total. The minimum Gasteiger partial charge on any atom is -0.452 e. The molecule has 2 heterocycles. The van der Waals surface area contributed by atoms with Crippen LogP contribution < -0.4 is 5.32 Å². The lowest BCUT2D eigenvalue weighted by Crippen LogP contribution is -2.30. The van der Waals surface area contributed by atoms with Crippen molar-refractivity contribution < 1.29 is 22.7 Å². The van der Waals surface area contributed by atoms with Crippen molar-refractivity contribution in [2.24, 2.45) is 0 Å². The first kappa shape index (κ1) is 22.4. The quantitative estimate of drug-likeness (QED) is 0.525. The van der Waals surface area contributed by atoms with Crippen LogP contribution in [0.2, 0.25) is 0 Å². The molecule has 3 rings (SSSR count). The fourth-order valence-corrected chi connectivity index (χ4v) is 4.42. The van der Waals surface area contributed by atoms with E-state index < -0.39 is 28.5 Å². The van der Waals surface area contributed by atoms with Crippen molar-refractivity contribution in [3.05, 3.63) is 54.0 Å². The maximum atomic E-state index is 12.5. The molecular formula is C20H23N5O5S. The molecule has 0 unspecified atom stereocenters. The molecule has 0 spiro atoms. The molecule has 164 valence electrons. The van der Waals surface area contributed by atoms with E-state index in [2.05, 4.69) is 15.5 Å². The maximum absolute atomic E-state index is 12.5. The van der Waals surface area contributed by atoms with Crippen molar-refractivity contribution in [1.82, 2.24) is 18.9 Å². The largest absolute Gasteiger partial charge is 0.452 e. The number of esters is 1. The molecule has 0 fully saturated rings. The third kappa shape index (κ3) is 4.89. The zero-order chi connectivity index (χ0) is 22.6. The fourth-order valence-electron chi connectivity index (χ4n) is 2.96. The molecule has 0 aliphatic rings. The minimum absolute atomic E-state index is 0.139. The number of rotatable bonds is 8.